The van der Waals surface area contributed by atoms with Gasteiger partial charge in [-0.3, -0.25) is 9.11 Å². The molecular weight excluding hydrogens is 232 g/mol. The third kappa shape index (κ3) is 4.04. The van der Waals surface area contributed by atoms with Crippen molar-refractivity contribution < 1.29 is 4.21 Å². The van der Waals surface area contributed by atoms with Crippen LogP contribution in [0.5, 0.6) is 0 Å². The Morgan fingerprint density at radius 2 is 1.82 bits per heavy atom. The second-order valence-electron chi connectivity index (χ2n) is 5.34. The molecule has 100 valence electrons. The minimum Gasteiger partial charge on any atom is -0.314 e. The van der Waals surface area contributed by atoms with Gasteiger partial charge in [0.25, 0.3) is 0 Å². The summed E-state index contributed by atoms with van der Waals surface area (Å²) in [6, 6.07) is 1.53. The Hall–Kier alpha value is 0.0700. The molecule has 2 rings (SSSR count). The van der Waals surface area contributed by atoms with Crippen molar-refractivity contribution in [2.24, 2.45) is 0 Å². The van der Waals surface area contributed by atoms with Crippen molar-refractivity contribution in [2.45, 2.75) is 51.1 Å². The lowest BCUT2D eigenvalue weighted by molar-refractivity contribution is 0.155. The molecule has 1 aliphatic heterocycles. The molecule has 1 saturated heterocycles. The Bertz CT molecular complexity index is 242. The molecule has 0 unspecified atom stereocenters. The van der Waals surface area contributed by atoms with Gasteiger partial charge in [0.05, 0.1) is 0 Å². The molecule has 1 N–H and O–H groups in total. The zero-order chi connectivity index (χ0) is 12.1. The summed E-state index contributed by atoms with van der Waals surface area (Å²) in [6.45, 7) is 5.51. The fraction of sp³-hybridized carbons (Fsp3) is 1.00. The van der Waals surface area contributed by atoms with Gasteiger partial charge in [0.2, 0.25) is 0 Å². The fourth-order valence-corrected chi connectivity index (χ4v) is 4.09. The summed E-state index contributed by atoms with van der Waals surface area (Å²) in [5.41, 5.74) is 0. The standard InChI is InChI=1S/C13H26N2OS/c1-2-7-14-12-3-5-13(6-4-12)15-8-10-17(16)11-9-15/h12-14H,2-11H2,1H3. The highest BCUT2D eigenvalue weighted by Gasteiger charge is 2.27. The van der Waals surface area contributed by atoms with Gasteiger partial charge in [-0.05, 0) is 38.6 Å². The van der Waals surface area contributed by atoms with Crippen LogP contribution in [0.1, 0.15) is 39.0 Å². The minimum absolute atomic E-state index is 0.531. The summed E-state index contributed by atoms with van der Waals surface area (Å²) < 4.78 is 11.3. The molecule has 0 spiro atoms. The molecular formula is C13H26N2OS. The smallest absolute Gasteiger partial charge is 0.0363 e. The highest BCUT2D eigenvalue weighted by molar-refractivity contribution is 7.85. The second-order valence-corrected chi connectivity index (χ2v) is 7.04. The lowest BCUT2D eigenvalue weighted by atomic mass is 9.90. The van der Waals surface area contributed by atoms with Crippen molar-refractivity contribution in [3.63, 3.8) is 0 Å². The number of rotatable bonds is 4. The molecule has 0 amide bonds. The molecule has 0 bridgehead atoms. The van der Waals surface area contributed by atoms with Gasteiger partial charge < -0.3 is 5.32 Å². The maximum absolute atomic E-state index is 11.3. The first kappa shape index (κ1) is 13.5. The number of hydrogen-bond acceptors (Lipinski definition) is 3. The van der Waals surface area contributed by atoms with E-state index in [1.165, 1.54) is 32.1 Å². The molecule has 1 saturated carbocycles. The number of nitrogens with zero attached hydrogens (tertiary/aromatic N) is 1. The summed E-state index contributed by atoms with van der Waals surface area (Å²) in [7, 11) is -0.531. The summed E-state index contributed by atoms with van der Waals surface area (Å²) in [4.78, 5) is 2.58. The highest BCUT2D eigenvalue weighted by atomic mass is 32.2. The molecule has 4 heteroatoms. The predicted molar refractivity (Wildman–Crippen MR) is 73.8 cm³/mol. The quantitative estimate of drug-likeness (QED) is 0.826. The third-order valence-electron chi connectivity index (χ3n) is 4.11. The normalized spacial score (nSPS) is 32.8. The van der Waals surface area contributed by atoms with E-state index in [2.05, 4.69) is 17.1 Å². The summed E-state index contributed by atoms with van der Waals surface area (Å²) in [6.07, 6.45) is 6.54. The van der Waals surface area contributed by atoms with Crippen LogP contribution in [0.15, 0.2) is 0 Å². The van der Waals surface area contributed by atoms with Gasteiger partial charge in [-0.15, -0.1) is 0 Å². The zero-order valence-electron chi connectivity index (χ0n) is 11.0. The topological polar surface area (TPSA) is 32.3 Å². The molecule has 0 radical (unpaired) electrons. The van der Waals surface area contributed by atoms with Crippen LogP contribution in [0.2, 0.25) is 0 Å². The molecule has 3 nitrogen and oxygen atoms in total. The lowest BCUT2D eigenvalue weighted by Crippen LogP contribution is -2.47. The molecule has 0 aromatic heterocycles. The Labute approximate surface area is 108 Å². The first-order valence-corrected chi connectivity index (χ1v) is 8.61. The molecule has 0 aromatic rings. The number of nitrogens with one attached hydrogen (secondary N) is 1. The van der Waals surface area contributed by atoms with Gasteiger partial charge in [-0.1, -0.05) is 6.92 Å². The van der Waals surface area contributed by atoms with E-state index < -0.39 is 10.8 Å². The Morgan fingerprint density at radius 3 is 2.41 bits per heavy atom. The molecule has 17 heavy (non-hydrogen) atoms. The first-order valence-electron chi connectivity index (χ1n) is 7.12. The van der Waals surface area contributed by atoms with Crippen LogP contribution in [0.3, 0.4) is 0 Å². The summed E-state index contributed by atoms with van der Waals surface area (Å²) >= 11 is 0. The van der Waals surface area contributed by atoms with Crippen molar-refractivity contribution >= 4 is 10.8 Å². The first-order chi connectivity index (χ1) is 8.29. The third-order valence-corrected chi connectivity index (χ3v) is 5.38. The van der Waals surface area contributed by atoms with Gasteiger partial charge >= 0.3 is 0 Å². The van der Waals surface area contributed by atoms with E-state index in [1.54, 1.807) is 0 Å². The predicted octanol–water partition coefficient (Wildman–Crippen LogP) is 1.36. The van der Waals surface area contributed by atoms with Gasteiger partial charge in [0.15, 0.2) is 0 Å². The van der Waals surface area contributed by atoms with Crippen molar-refractivity contribution in [2.75, 3.05) is 31.1 Å². The van der Waals surface area contributed by atoms with Crippen LogP contribution in [0.4, 0.5) is 0 Å². The van der Waals surface area contributed by atoms with Crippen molar-refractivity contribution in [1.29, 1.82) is 0 Å². The lowest BCUT2D eigenvalue weighted by Gasteiger charge is -2.38. The van der Waals surface area contributed by atoms with Crippen molar-refractivity contribution in [3.05, 3.63) is 0 Å². The average molecular weight is 258 g/mol. The molecule has 1 aliphatic carbocycles. The van der Waals surface area contributed by atoms with Crippen molar-refractivity contribution in [1.82, 2.24) is 10.2 Å². The second kappa shape index (κ2) is 6.86. The van der Waals surface area contributed by atoms with E-state index in [9.17, 15) is 4.21 Å². The molecule has 1 heterocycles. The fourth-order valence-electron chi connectivity index (χ4n) is 3.01. The summed E-state index contributed by atoms with van der Waals surface area (Å²) in [5.74, 6) is 1.79. The molecule has 0 atom stereocenters. The SMILES string of the molecule is CCCNC1CCC(N2CCS(=O)CC2)CC1. The van der Waals surface area contributed by atoms with Gasteiger partial charge in [-0.2, -0.15) is 0 Å². The molecule has 0 aromatic carbocycles. The maximum Gasteiger partial charge on any atom is 0.0363 e. The number of hydrogen-bond donors (Lipinski definition) is 1. The van der Waals surface area contributed by atoms with Gasteiger partial charge in [0, 0.05) is 47.5 Å². The van der Waals surface area contributed by atoms with Crippen LogP contribution < -0.4 is 5.32 Å². The zero-order valence-corrected chi connectivity index (χ0v) is 11.8. The molecule has 2 aliphatic rings. The van der Waals surface area contributed by atoms with E-state index >= 15 is 0 Å². The van der Waals surface area contributed by atoms with Crippen LogP contribution in [0.25, 0.3) is 0 Å². The molecule has 2 fully saturated rings. The van der Waals surface area contributed by atoms with E-state index in [-0.39, 0.29) is 0 Å². The minimum atomic E-state index is -0.531. The van der Waals surface area contributed by atoms with Gasteiger partial charge in [-0.25, -0.2) is 0 Å². The average Bonchev–Trinajstić information content (AvgIpc) is 2.38. The summed E-state index contributed by atoms with van der Waals surface area (Å²) in [5, 5.41) is 3.63. The van der Waals surface area contributed by atoms with Crippen LogP contribution >= 0.6 is 0 Å². The van der Waals surface area contributed by atoms with Crippen LogP contribution in [0, 0.1) is 0 Å². The van der Waals surface area contributed by atoms with E-state index in [0.29, 0.717) is 0 Å². The van der Waals surface area contributed by atoms with E-state index in [4.69, 9.17) is 0 Å². The van der Waals surface area contributed by atoms with Crippen LogP contribution in [-0.2, 0) is 10.8 Å². The Morgan fingerprint density at radius 1 is 1.18 bits per heavy atom. The Balaban J connectivity index is 1.69. The Kier molecular flexibility index (Phi) is 5.45. The van der Waals surface area contributed by atoms with E-state index in [0.717, 1.165) is 43.2 Å². The van der Waals surface area contributed by atoms with E-state index in [1.807, 2.05) is 0 Å². The monoisotopic (exact) mass is 258 g/mol. The van der Waals surface area contributed by atoms with Crippen molar-refractivity contribution in [3.8, 4) is 0 Å². The highest BCUT2D eigenvalue weighted by Crippen LogP contribution is 2.24. The van der Waals surface area contributed by atoms with Gasteiger partial charge in [0.1, 0.15) is 0 Å². The van der Waals surface area contributed by atoms with Crippen LogP contribution in [-0.4, -0.2) is 52.3 Å². The largest absolute Gasteiger partial charge is 0.314 e. The maximum atomic E-state index is 11.3.